The van der Waals surface area contributed by atoms with E-state index in [2.05, 4.69) is 10.00 Å². The monoisotopic (exact) mass is 385 g/mol. The summed E-state index contributed by atoms with van der Waals surface area (Å²) >= 11 is 0. The maximum atomic E-state index is 11.5. The predicted octanol–water partition coefficient (Wildman–Crippen LogP) is 3.11. The van der Waals surface area contributed by atoms with E-state index in [0.717, 1.165) is 42.0 Å². The van der Waals surface area contributed by atoms with E-state index in [1.807, 2.05) is 42.6 Å². The molecule has 0 spiro atoms. The van der Waals surface area contributed by atoms with Crippen LogP contribution in [0.5, 0.6) is 0 Å². The summed E-state index contributed by atoms with van der Waals surface area (Å²) in [7, 11) is 1.71. The van der Waals surface area contributed by atoms with Crippen molar-refractivity contribution in [2.45, 2.75) is 6.10 Å². The summed E-state index contributed by atoms with van der Waals surface area (Å²) in [5.41, 5.74) is 4.63. The summed E-state index contributed by atoms with van der Waals surface area (Å²) in [5.74, 6) is 0.761. The van der Waals surface area contributed by atoms with Gasteiger partial charge < -0.3 is 9.64 Å². The number of anilines is 1. The minimum absolute atomic E-state index is 0.201. The summed E-state index contributed by atoms with van der Waals surface area (Å²) in [6, 6.07) is 15.5. The Morgan fingerprint density at radius 3 is 2.66 bits per heavy atom. The Bertz CT molecular complexity index is 1180. The first-order chi connectivity index (χ1) is 14.2. The fraction of sp³-hybridized carbons (Fsp3) is 0.182. The fourth-order valence-electron chi connectivity index (χ4n) is 3.50. The van der Waals surface area contributed by atoms with Gasteiger partial charge in [0.05, 0.1) is 29.3 Å². The van der Waals surface area contributed by atoms with Crippen molar-refractivity contribution in [1.29, 1.82) is 0 Å². The third kappa shape index (κ3) is 3.15. The highest BCUT2D eigenvalue weighted by Crippen LogP contribution is 2.29. The van der Waals surface area contributed by atoms with E-state index in [1.54, 1.807) is 30.0 Å². The molecule has 0 atom stereocenters. The van der Waals surface area contributed by atoms with Gasteiger partial charge in [-0.25, -0.2) is 14.5 Å². The van der Waals surface area contributed by atoms with E-state index < -0.39 is 0 Å². The van der Waals surface area contributed by atoms with Crippen molar-refractivity contribution in [3.8, 4) is 22.5 Å². The van der Waals surface area contributed by atoms with Crippen LogP contribution in [0.3, 0.4) is 0 Å². The number of nitrogens with zero attached hydrogens (tertiary/aromatic N) is 5. The van der Waals surface area contributed by atoms with Crippen molar-refractivity contribution in [2.75, 3.05) is 25.1 Å². The van der Waals surface area contributed by atoms with Crippen molar-refractivity contribution < 1.29 is 9.53 Å². The second-order valence-electron chi connectivity index (χ2n) is 7.03. The molecule has 1 aromatic carbocycles. The zero-order chi connectivity index (χ0) is 19.8. The van der Waals surface area contributed by atoms with Crippen molar-refractivity contribution in [1.82, 2.24) is 19.6 Å². The largest absolute Gasteiger partial charge is 0.378 e. The first-order valence-electron chi connectivity index (χ1n) is 9.40. The zero-order valence-electron chi connectivity index (χ0n) is 15.9. The number of methoxy groups -OCH3 is 1. The molecule has 0 aliphatic carbocycles. The second-order valence-corrected chi connectivity index (χ2v) is 7.03. The molecule has 0 radical (unpaired) electrons. The number of aldehydes is 1. The van der Waals surface area contributed by atoms with Crippen LogP contribution in [0.4, 0.5) is 5.82 Å². The van der Waals surface area contributed by atoms with Crippen LogP contribution in [-0.2, 0) is 4.74 Å². The number of rotatable bonds is 5. The Balaban J connectivity index is 1.59. The lowest BCUT2D eigenvalue weighted by Crippen LogP contribution is -2.52. The standard InChI is InChI=1S/C22H19N5O2/c1-29-17-12-26(13-17)21-10-15(14-28)9-20(24-21)18-11-23-27-8-7-19(25-22(18)27)16-5-3-2-4-6-16/h2-11,14,17H,12-13H2,1H3. The number of hydrogen-bond acceptors (Lipinski definition) is 6. The molecule has 0 unspecified atom stereocenters. The molecule has 1 saturated heterocycles. The van der Waals surface area contributed by atoms with Crippen LogP contribution in [0.1, 0.15) is 10.4 Å². The molecule has 0 amide bonds. The third-order valence-corrected chi connectivity index (χ3v) is 5.19. The van der Waals surface area contributed by atoms with Crippen LogP contribution in [0.2, 0.25) is 0 Å². The lowest BCUT2D eigenvalue weighted by Gasteiger charge is -2.39. The van der Waals surface area contributed by atoms with Gasteiger partial charge in [-0.15, -0.1) is 0 Å². The zero-order valence-corrected chi connectivity index (χ0v) is 15.9. The Morgan fingerprint density at radius 1 is 1.07 bits per heavy atom. The lowest BCUT2D eigenvalue weighted by atomic mass is 10.1. The molecule has 0 bridgehead atoms. The summed E-state index contributed by atoms with van der Waals surface area (Å²) in [4.78, 5) is 23.2. The first kappa shape index (κ1) is 17.5. The van der Waals surface area contributed by atoms with Gasteiger partial charge in [0.25, 0.3) is 0 Å². The number of ether oxygens (including phenoxy) is 1. The minimum atomic E-state index is 0.201. The summed E-state index contributed by atoms with van der Waals surface area (Å²) in [6.07, 6.45) is 4.67. The number of pyridine rings is 1. The lowest BCUT2D eigenvalue weighted by molar-refractivity contribution is 0.0783. The van der Waals surface area contributed by atoms with Crippen LogP contribution < -0.4 is 4.90 Å². The number of benzene rings is 1. The molecule has 0 saturated carbocycles. The van der Waals surface area contributed by atoms with E-state index in [4.69, 9.17) is 14.7 Å². The number of aromatic nitrogens is 4. The smallest absolute Gasteiger partial charge is 0.164 e. The van der Waals surface area contributed by atoms with Gasteiger partial charge >= 0.3 is 0 Å². The van der Waals surface area contributed by atoms with Crippen LogP contribution in [0.15, 0.2) is 60.9 Å². The van der Waals surface area contributed by atoms with Gasteiger partial charge in [-0.2, -0.15) is 5.10 Å². The maximum absolute atomic E-state index is 11.5. The van der Waals surface area contributed by atoms with Crippen LogP contribution in [0, 0.1) is 0 Å². The summed E-state index contributed by atoms with van der Waals surface area (Å²) < 4.78 is 7.07. The van der Waals surface area contributed by atoms with Gasteiger partial charge in [0.1, 0.15) is 12.1 Å². The van der Waals surface area contributed by atoms with Crippen molar-refractivity contribution >= 4 is 17.8 Å². The molecule has 7 heteroatoms. The molecule has 0 N–H and O–H groups in total. The molecular weight excluding hydrogens is 366 g/mol. The van der Waals surface area contributed by atoms with E-state index in [0.29, 0.717) is 16.9 Å². The van der Waals surface area contributed by atoms with Crippen LogP contribution in [0.25, 0.3) is 28.2 Å². The summed E-state index contributed by atoms with van der Waals surface area (Å²) in [6.45, 7) is 1.52. The minimum Gasteiger partial charge on any atom is -0.378 e. The fourth-order valence-corrected chi connectivity index (χ4v) is 3.50. The number of hydrogen-bond donors (Lipinski definition) is 0. The molecule has 4 heterocycles. The highest BCUT2D eigenvalue weighted by atomic mass is 16.5. The maximum Gasteiger partial charge on any atom is 0.164 e. The Morgan fingerprint density at radius 2 is 1.90 bits per heavy atom. The van der Waals surface area contributed by atoms with Gasteiger partial charge in [0.2, 0.25) is 0 Å². The number of carbonyl (C=O) groups excluding carboxylic acids is 1. The van der Waals surface area contributed by atoms with Crippen molar-refractivity contribution in [3.63, 3.8) is 0 Å². The highest BCUT2D eigenvalue weighted by Gasteiger charge is 2.28. The highest BCUT2D eigenvalue weighted by molar-refractivity contribution is 5.83. The Labute approximate surface area is 167 Å². The van der Waals surface area contributed by atoms with E-state index >= 15 is 0 Å². The molecule has 144 valence electrons. The predicted molar refractivity (Wildman–Crippen MR) is 110 cm³/mol. The van der Waals surface area contributed by atoms with Gasteiger partial charge in [-0.1, -0.05) is 30.3 Å². The molecule has 7 nitrogen and oxygen atoms in total. The average molecular weight is 385 g/mol. The average Bonchev–Trinajstić information content (AvgIpc) is 3.16. The third-order valence-electron chi connectivity index (χ3n) is 5.19. The molecule has 1 fully saturated rings. The Hall–Kier alpha value is -3.58. The molecule has 4 aromatic rings. The quantitative estimate of drug-likeness (QED) is 0.492. The summed E-state index contributed by atoms with van der Waals surface area (Å²) in [5, 5.41) is 4.41. The molecule has 29 heavy (non-hydrogen) atoms. The molecule has 5 rings (SSSR count). The van der Waals surface area contributed by atoms with Crippen LogP contribution in [-0.4, -0.2) is 52.2 Å². The van der Waals surface area contributed by atoms with Gasteiger partial charge in [-0.3, -0.25) is 4.79 Å². The SMILES string of the molecule is COC1CN(c2cc(C=O)cc(-c3cnn4ccc(-c5ccccc5)nc34)n2)C1. The van der Waals surface area contributed by atoms with E-state index in [-0.39, 0.29) is 6.10 Å². The van der Waals surface area contributed by atoms with Gasteiger partial charge in [-0.05, 0) is 18.2 Å². The van der Waals surface area contributed by atoms with Gasteiger partial charge in [0.15, 0.2) is 5.65 Å². The molecule has 1 aliphatic heterocycles. The van der Waals surface area contributed by atoms with E-state index in [1.165, 1.54) is 0 Å². The first-order valence-corrected chi connectivity index (χ1v) is 9.40. The van der Waals surface area contributed by atoms with Gasteiger partial charge in [0, 0.05) is 37.5 Å². The second kappa shape index (κ2) is 7.10. The van der Waals surface area contributed by atoms with Crippen LogP contribution >= 0.6 is 0 Å². The topological polar surface area (TPSA) is 72.6 Å². The van der Waals surface area contributed by atoms with Crippen molar-refractivity contribution in [2.24, 2.45) is 0 Å². The normalized spacial score (nSPS) is 14.2. The molecule has 1 aliphatic rings. The number of carbonyl (C=O) groups is 1. The number of fused-ring (bicyclic) bond motifs is 1. The molecular formula is C22H19N5O2. The van der Waals surface area contributed by atoms with E-state index in [9.17, 15) is 4.79 Å². The molecule has 3 aromatic heterocycles. The Kier molecular flexibility index (Phi) is 4.29. The van der Waals surface area contributed by atoms with Crippen molar-refractivity contribution in [3.05, 3.63) is 66.5 Å².